The first-order valence-electron chi connectivity index (χ1n) is 10.6. The number of nitrogens with zero attached hydrogens (tertiary/aromatic N) is 4. The molecule has 3 N–H and O–H groups in total. The molecule has 0 fully saturated rings. The Morgan fingerprint density at radius 2 is 2.06 bits per heavy atom. The second kappa shape index (κ2) is 9.48. The molecule has 0 saturated carbocycles. The zero-order chi connectivity index (χ0) is 23.4. The van der Waals surface area contributed by atoms with Gasteiger partial charge in [-0.1, -0.05) is 36.1 Å². The van der Waals surface area contributed by atoms with E-state index < -0.39 is 0 Å². The van der Waals surface area contributed by atoms with Gasteiger partial charge in [0.1, 0.15) is 12.4 Å². The van der Waals surface area contributed by atoms with Gasteiger partial charge < -0.3 is 15.0 Å². The van der Waals surface area contributed by atoms with E-state index in [1.165, 1.54) is 5.56 Å². The van der Waals surface area contributed by atoms with E-state index in [4.69, 9.17) is 16.0 Å². The number of hydrogen-bond acceptors (Lipinski definition) is 4. The first kappa shape index (κ1) is 22.0. The summed E-state index contributed by atoms with van der Waals surface area (Å²) in [7, 11) is 2.04. The monoisotopic (exact) mass is 438 g/mol. The second-order valence-electron chi connectivity index (χ2n) is 7.90. The van der Waals surface area contributed by atoms with E-state index in [-0.39, 0.29) is 5.84 Å². The molecule has 2 aromatic heterocycles. The molecule has 2 aromatic carbocycles. The highest BCUT2D eigenvalue weighted by Gasteiger charge is 2.11. The lowest BCUT2D eigenvalue weighted by molar-refractivity contribution is 0.301. The van der Waals surface area contributed by atoms with Gasteiger partial charge in [-0.3, -0.25) is 0 Å². The smallest absolute Gasteiger partial charge is 0.155 e. The molecule has 7 heteroatoms. The lowest BCUT2D eigenvalue weighted by atomic mass is 10.0. The molecule has 0 saturated heterocycles. The van der Waals surface area contributed by atoms with E-state index in [9.17, 15) is 0 Å². The maximum absolute atomic E-state index is 6.88. The van der Waals surface area contributed by atoms with E-state index in [0.717, 1.165) is 51.2 Å². The van der Waals surface area contributed by atoms with E-state index in [1.54, 1.807) is 6.08 Å². The fourth-order valence-electron chi connectivity index (χ4n) is 3.89. The summed E-state index contributed by atoms with van der Waals surface area (Å²) in [6.07, 6.45) is 4.62. The molecule has 0 spiro atoms. The number of nitrogens with one attached hydrogen (secondary N) is 1. The first-order valence-corrected chi connectivity index (χ1v) is 10.6. The number of fused-ring (bicyclic) bond motifs is 1. The van der Waals surface area contributed by atoms with Gasteiger partial charge in [-0.05, 0) is 66.4 Å². The summed E-state index contributed by atoms with van der Waals surface area (Å²) in [5.41, 5.74) is 19.8. The van der Waals surface area contributed by atoms with E-state index >= 15 is 0 Å². The summed E-state index contributed by atoms with van der Waals surface area (Å²) < 4.78 is 8.18. The molecule has 0 bridgehead atoms. The SMILES string of the molecule is C=Cc1nc(COc2ccc3c(c2)c(Cc2cccc(C(N)=NN=N)c2)cn3C)ccc1C. The van der Waals surface area contributed by atoms with Crippen molar-refractivity contribution in [2.75, 3.05) is 0 Å². The lowest BCUT2D eigenvalue weighted by Crippen LogP contribution is -2.12. The molecule has 7 nitrogen and oxygen atoms in total. The summed E-state index contributed by atoms with van der Waals surface area (Å²) in [6, 6.07) is 18.0. The molecular weight excluding hydrogens is 412 g/mol. The van der Waals surface area contributed by atoms with Crippen molar-refractivity contribution in [3.8, 4) is 5.75 Å². The normalized spacial score (nSPS) is 11.5. The van der Waals surface area contributed by atoms with Crippen LogP contribution in [0.1, 0.15) is 33.6 Å². The highest BCUT2D eigenvalue weighted by atomic mass is 16.5. The first-order chi connectivity index (χ1) is 16.0. The van der Waals surface area contributed by atoms with Gasteiger partial charge >= 0.3 is 0 Å². The molecule has 0 aliphatic rings. The van der Waals surface area contributed by atoms with Crippen molar-refractivity contribution < 1.29 is 4.74 Å². The fraction of sp³-hybridized carbons (Fsp3) is 0.154. The zero-order valence-corrected chi connectivity index (χ0v) is 18.7. The molecule has 4 aromatic rings. The number of rotatable bonds is 8. The van der Waals surface area contributed by atoms with Gasteiger partial charge in [0.2, 0.25) is 0 Å². The summed E-state index contributed by atoms with van der Waals surface area (Å²) in [4.78, 5) is 4.60. The van der Waals surface area contributed by atoms with E-state index in [0.29, 0.717) is 6.61 Å². The van der Waals surface area contributed by atoms with Crippen LogP contribution in [0.2, 0.25) is 0 Å². The molecule has 4 rings (SSSR count). The fourth-order valence-corrected chi connectivity index (χ4v) is 3.89. The van der Waals surface area contributed by atoms with Crippen molar-refractivity contribution in [1.29, 1.82) is 5.53 Å². The lowest BCUT2D eigenvalue weighted by Gasteiger charge is -2.09. The minimum absolute atomic E-state index is 0.227. The third-order valence-corrected chi connectivity index (χ3v) is 5.59. The van der Waals surface area contributed by atoms with Gasteiger partial charge in [0, 0.05) is 29.7 Å². The van der Waals surface area contributed by atoms with Crippen LogP contribution in [0.15, 0.2) is 77.7 Å². The summed E-state index contributed by atoms with van der Waals surface area (Å²) in [6.45, 7) is 6.22. The number of hydrogen-bond donors (Lipinski definition) is 2. The number of aryl methyl sites for hydroxylation is 2. The Balaban J connectivity index is 1.59. The number of nitrogens with two attached hydrogens (primary N) is 1. The third-order valence-electron chi connectivity index (χ3n) is 5.59. The van der Waals surface area contributed by atoms with Crippen LogP contribution in [-0.4, -0.2) is 15.4 Å². The van der Waals surface area contributed by atoms with Crippen molar-refractivity contribution in [2.24, 2.45) is 23.1 Å². The Morgan fingerprint density at radius 1 is 1.21 bits per heavy atom. The van der Waals surface area contributed by atoms with Gasteiger partial charge in [0.15, 0.2) is 5.84 Å². The average molecular weight is 439 g/mol. The van der Waals surface area contributed by atoms with Crippen LogP contribution >= 0.6 is 0 Å². The third kappa shape index (κ3) is 4.82. The van der Waals surface area contributed by atoms with Crippen molar-refractivity contribution in [1.82, 2.24) is 9.55 Å². The summed E-state index contributed by atoms with van der Waals surface area (Å²) in [5, 5.41) is 7.78. The molecule has 33 heavy (non-hydrogen) atoms. The molecule has 0 unspecified atom stereocenters. The minimum atomic E-state index is 0.227. The number of pyridine rings is 1. The maximum Gasteiger partial charge on any atom is 0.155 e. The number of ether oxygens (including phenoxy) is 1. The van der Waals surface area contributed by atoms with Crippen LogP contribution in [-0.2, 0) is 20.1 Å². The predicted molar refractivity (Wildman–Crippen MR) is 131 cm³/mol. The van der Waals surface area contributed by atoms with Crippen molar-refractivity contribution in [2.45, 2.75) is 20.0 Å². The van der Waals surface area contributed by atoms with E-state index in [1.807, 2.05) is 56.4 Å². The van der Waals surface area contributed by atoms with Crippen LogP contribution in [0.4, 0.5) is 0 Å². The minimum Gasteiger partial charge on any atom is -0.487 e. The highest BCUT2D eigenvalue weighted by molar-refractivity contribution is 5.97. The van der Waals surface area contributed by atoms with Crippen molar-refractivity contribution in [3.63, 3.8) is 0 Å². The summed E-state index contributed by atoms with van der Waals surface area (Å²) in [5.74, 6) is 1.02. The van der Waals surface area contributed by atoms with Gasteiger partial charge in [-0.25, -0.2) is 4.98 Å². The molecule has 0 radical (unpaired) electrons. The second-order valence-corrected chi connectivity index (χ2v) is 7.90. The molecular formula is C26H26N6O. The molecule has 166 valence electrons. The zero-order valence-electron chi connectivity index (χ0n) is 18.7. The van der Waals surface area contributed by atoms with Crippen molar-refractivity contribution in [3.05, 3.63) is 101 Å². The Morgan fingerprint density at radius 3 is 2.85 bits per heavy atom. The molecule has 0 aliphatic heterocycles. The summed E-state index contributed by atoms with van der Waals surface area (Å²) >= 11 is 0. The van der Waals surface area contributed by atoms with E-state index in [2.05, 4.69) is 44.8 Å². The van der Waals surface area contributed by atoms with Gasteiger partial charge in [0.05, 0.1) is 11.4 Å². The topological polar surface area (TPSA) is 102 Å². The van der Waals surface area contributed by atoms with Crippen LogP contribution in [0.5, 0.6) is 5.75 Å². The quantitative estimate of drug-likeness (QED) is 0.168. The number of aromatic nitrogens is 2. The van der Waals surface area contributed by atoms with Crippen LogP contribution in [0, 0.1) is 12.5 Å². The van der Waals surface area contributed by atoms with Crippen LogP contribution < -0.4 is 10.5 Å². The molecule has 0 aliphatic carbocycles. The van der Waals surface area contributed by atoms with Gasteiger partial charge in [0.25, 0.3) is 0 Å². The molecule has 0 amide bonds. The Hall–Kier alpha value is -4.26. The standard InChI is InChI=1S/C26H26N6O/c1-4-24-17(2)8-9-21(29-24)16-33-22-10-11-25-23(14-22)20(15-32(25)3)13-18-6-5-7-19(12-18)26(27)30-31-28/h4-12,14-15H,1,13,16H2,2-3H3,(H3,27,28,30). The Kier molecular flexibility index (Phi) is 6.31. The maximum atomic E-state index is 6.88. The number of benzene rings is 2. The highest BCUT2D eigenvalue weighted by Crippen LogP contribution is 2.28. The van der Waals surface area contributed by atoms with Crippen LogP contribution in [0.3, 0.4) is 0 Å². The van der Waals surface area contributed by atoms with Gasteiger partial charge in [-0.15, -0.1) is 5.10 Å². The molecule has 2 heterocycles. The average Bonchev–Trinajstić information content (AvgIpc) is 3.13. The van der Waals surface area contributed by atoms with Crippen molar-refractivity contribution >= 4 is 22.8 Å². The Bertz CT molecular complexity index is 1370. The Labute approximate surface area is 192 Å². The predicted octanol–water partition coefficient (Wildman–Crippen LogP) is 5.35. The number of amidine groups is 1. The van der Waals surface area contributed by atoms with Gasteiger partial charge in [-0.2, -0.15) is 5.53 Å². The largest absolute Gasteiger partial charge is 0.487 e. The van der Waals surface area contributed by atoms with Crippen LogP contribution in [0.25, 0.3) is 17.0 Å². The molecule has 0 atom stereocenters.